The topological polar surface area (TPSA) is 73.8 Å². The van der Waals surface area contributed by atoms with E-state index in [4.69, 9.17) is 0 Å². The standard InChI is InChI=1S/C16H17N7S/c1-3-4-12-13(19-10-23-11(2)20-21-14(12)23)9-22-7-5-17-15(22)16-18-6-8-24-16/h5-8,10H,3-4,9H2,1-2H3. The molecule has 0 radical (unpaired) electrons. The summed E-state index contributed by atoms with van der Waals surface area (Å²) >= 11 is 1.58. The van der Waals surface area contributed by atoms with E-state index in [1.165, 1.54) is 0 Å². The molecule has 0 aliphatic heterocycles. The van der Waals surface area contributed by atoms with E-state index < -0.39 is 0 Å². The largest absolute Gasteiger partial charge is 0.323 e. The first-order chi connectivity index (χ1) is 11.8. The molecule has 0 saturated carbocycles. The lowest BCUT2D eigenvalue weighted by Crippen LogP contribution is -2.09. The Morgan fingerprint density at radius 2 is 2.04 bits per heavy atom. The van der Waals surface area contributed by atoms with E-state index in [-0.39, 0.29) is 0 Å². The van der Waals surface area contributed by atoms with Crippen LogP contribution < -0.4 is 0 Å². The van der Waals surface area contributed by atoms with Gasteiger partial charge in [0.2, 0.25) is 0 Å². The van der Waals surface area contributed by atoms with Crippen molar-refractivity contribution in [1.29, 1.82) is 0 Å². The van der Waals surface area contributed by atoms with Crippen LogP contribution in [0.4, 0.5) is 0 Å². The third-order valence-corrected chi connectivity index (χ3v) is 4.74. The molecule has 4 aromatic rings. The van der Waals surface area contributed by atoms with Gasteiger partial charge in [-0.1, -0.05) is 13.3 Å². The number of aryl methyl sites for hydroxylation is 2. The van der Waals surface area contributed by atoms with E-state index in [9.17, 15) is 0 Å². The van der Waals surface area contributed by atoms with Crippen molar-refractivity contribution >= 4 is 17.0 Å². The van der Waals surface area contributed by atoms with Gasteiger partial charge < -0.3 is 4.57 Å². The molecule has 4 aromatic heterocycles. The Kier molecular flexibility index (Phi) is 3.81. The number of rotatable bonds is 5. The van der Waals surface area contributed by atoms with Crippen molar-refractivity contribution in [2.45, 2.75) is 33.2 Å². The molecular formula is C16H17N7S. The molecule has 0 N–H and O–H groups in total. The fraction of sp³-hybridized carbons (Fsp3) is 0.312. The smallest absolute Gasteiger partial charge is 0.169 e. The van der Waals surface area contributed by atoms with E-state index in [0.717, 1.165) is 46.4 Å². The Hall–Kier alpha value is -2.61. The molecule has 4 heterocycles. The summed E-state index contributed by atoms with van der Waals surface area (Å²) in [5.74, 6) is 1.72. The Morgan fingerprint density at radius 1 is 1.12 bits per heavy atom. The SMILES string of the molecule is CCCc1c(Cn2ccnc2-c2nccs2)ncn2c(C)nnc12. The van der Waals surface area contributed by atoms with Gasteiger partial charge in [-0.2, -0.15) is 0 Å². The summed E-state index contributed by atoms with van der Waals surface area (Å²) < 4.78 is 4.03. The molecule has 0 aromatic carbocycles. The summed E-state index contributed by atoms with van der Waals surface area (Å²) in [5, 5.41) is 11.4. The second-order valence-corrected chi connectivity index (χ2v) is 6.47. The lowest BCUT2D eigenvalue weighted by atomic mass is 10.1. The Morgan fingerprint density at radius 3 is 2.83 bits per heavy atom. The molecule has 0 amide bonds. The number of fused-ring (bicyclic) bond motifs is 1. The molecule has 0 spiro atoms. The first kappa shape index (κ1) is 14.9. The lowest BCUT2D eigenvalue weighted by Gasteiger charge is -2.11. The van der Waals surface area contributed by atoms with Crippen LogP contribution in [-0.4, -0.2) is 34.1 Å². The summed E-state index contributed by atoms with van der Waals surface area (Å²) in [6, 6.07) is 0. The Labute approximate surface area is 143 Å². The van der Waals surface area contributed by atoms with Gasteiger partial charge >= 0.3 is 0 Å². The molecule has 4 rings (SSSR count). The maximum Gasteiger partial charge on any atom is 0.169 e. The van der Waals surface area contributed by atoms with Crippen molar-refractivity contribution in [1.82, 2.24) is 34.1 Å². The van der Waals surface area contributed by atoms with Crippen LogP contribution in [0.1, 0.15) is 30.4 Å². The van der Waals surface area contributed by atoms with E-state index in [1.807, 2.05) is 22.9 Å². The molecular weight excluding hydrogens is 322 g/mol. The number of aromatic nitrogens is 7. The van der Waals surface area contributed by atoms with Gasteiger partial charge in [-0.05, 0) is 13.3 Å². The highest BCUT2D eigenvalue weighted by atomic mass is 32.1. The molecule has 0 bridgehead atoms. The zero-order valence-corrected chi connectivity index (χ0v) is 14.4. The number of nitrogens with zero attached hydrogens (tertiary/aromatic N) is 7. The van der Waals surface area contributed by atoms with Gasteiger partial charge in [0.1, 0.15) is 12.2 Å². The van der Waals surface area contributed by atoms with E-state index in [0.29, 0.717) is 6.54 Å². The normalized spacial score (nSPS) is 11.4. The number of hydrogen-bond donors (Lipinski definition) is 0. The molecule has 0 aliphatic rings. The highest BCUT2D eigenvalue weighted by Crippen LogP contribution is 2.22. The summed E-state index contributed by atoms with van der Waals surface area (Å²) in [5.41, 5.74) is 3.06. The minimum Gasteiger partial charge on any atom is -0.323 e. The van der Waals surface area contributed by atoms with Crippen LogP contribution in [0.2, 0.25) is 0 Å². The third kappa shape index (κ3) is 2.48. The van der Waals surface area contributed by atoms with Crippen molar-refractivity contribution in [3.05, 3.63) is 47.4 Å². The zero-order chi connectivity index (χ0) is 16.5. The van der Waals surface area contributed by atoms with Crippen LogP contribution in [0.3, 0.4) is 0 Å². The van der Waals surface area contributed by atoms with Crippen LogP contribution in [-0.2, 0) is 13.0 Å². The molecule has 24 heavy (non-hydrogen) atoms. The number of hydrogen-bond acceptors (Lipinski definition) is 6. The lowest BCUT2D eigenvalue weighted by molar-refractivity contribution is 0.750. The van der Waals surface area contributed by atoms with Gasteiger partial charge in [0.15, 0.2) is 16.5 Å². The van der Waals surface area contributed by atoms with E-state index in [2.05, 4.69) is 36.6 Å². The van der Waals surface area contributed by atoms with Gasteiger partial charge in [0.05, 0.1) is 12.2 Å². The van der Waals surface area contributed by atoms with Crippen LogP contribution in [0.25, 0.3) is 16.5 Å². The van der Waals surface area contributed by atoms with Crippen molar-refractivity contribution in [2.24, 2.45) is 0 Å². The quantitative estimate of drug-likeness (QED) is 0.559. The monoisotopic (exact) mass is 339 g/mol. The molecule has 0 unspecified atom stereocenters. The van der Waals surface area contributed by atoms with Crippen LogP contribution in [0, 0.1) is 6.92 Å². The second kappa shape index (κ2) is 6.12. The minimum atomic E-state index is 0.645. The van der Waals surface area contributed by atoms with Gasteiger partial charge in [0.25, 0.3) is 0 Å². The van der Waals surface area contributed by atoms with E-state index >= 15 is 0 Å². The summed E-state index contributed by atoms with van der Waals surface area (Å²) in [4.78, 5) is 13.5. The zero-order valence-electron chi connectivity index (χ0n) is 13.5. The van der Waals surface area contributed by atoms with Crippen LogP contribution in [0.15, 0.2) is 30.3 Å². The van der Waals surface area contributed by atoms with Gasteiger partial charge in [-0.3, -0.25) is 4.40 Å². The first-order valence-corrected chi connectivity index (χ1v) is 8.75. The van der Waals surface area contributed by atoms with Gasteiger partial charge in [-0.25, -0.2) is 15.0 Å². The molecule has 0 fully saturated rings. The molecule has 0 saturated heterocycles. The Balaban J connectivity index is 1.78. The summed E-state index contributed by atoms with van der Waals surface area (Å²) in [7, 11) is 0. The molecule has 0 atom stereocenters. The van der Waals surface area contributed by atoms with E-state index in [1.54, 1.807) is 30.1 Å². The fourth-order valence-electron chi connectivity index (χ4n) is 2.82. The second-order valence-electron chi connectivity index (χ2n) is 5.58. The maximum absolute atomic E-state index is 4.67. The maximum atomic E-state index is 4.67. The van der Waals surface area contributed by atoms with Gasteiger partial charge in [0, 0.05) is 29.5 Å². The predicted octanol–water partition coefficient (Wildman–Crippen LogP) is 2.75. The van der Waals surface area contributed by atoms with Crippen molar-refractivity contribution in [3.63, 3.8) is 0 Å². The van der Waals surface area contributed by atoms with Crippen molar-refractivity contribution in [2.75, 3.05) is 0 Å². The average Bonchev–Trinajstić information content (AvgIpc) is 3.31. The third-order valence-electron chi connectivity index (χ3n) is 3.97. The van der Waals surface area contributed by atoms with Crippen molar-refractivity contribution < 1.29 is 0 Å². The number of imidazole rings is 1. The molecule has 8 heteroatoms. The highest BCUT2D eigenvalue weighted by Gasteiger charge is 2.15. The Bertz CT molecular complexity index is 968. The number of thiazole rings is 1. The first-order valence-electron chi connectivity index (χ1n) is 7.87. The predicted molar refractivity (Wildman–Crippen MR) is 92.0 cm³/mol. The molecule has 7 nitrogen and oxygen atoms in total. The van der Waals surface area contributed by atoms with Crippen molar-refractivity contribution in [3.8, 4) is 10.8 Å². The van der Waals surface area contributed by atoms with Crippen LogP contribution in [0.5, 0.6) is 0 Å². The molecule has 0 aliphatic carbocycles. The minimum absolute atomic E-state index is 0.645. The van der Waals surface area contributed by atoms with Gasteiger partial charge in [-0.15, -0.1) is 21.5 Å². The van der Waals surface area contributed by atoms with Crippen LogP contribution >= 0.6 is 11.3 Å². The molecule has 122 valence electrons. The summed E-state index contributed by atoms with van der Waals surface area (Å²) in [6.45, 7) is 4.74. The highest BCUT2D eigenvalue weighted by molar-refractivity contribution is 7.13. The summed E-state index contributed by atoms with van der Waals surface area (Å²) in [6.07, 6.45) is 9.32. The average molecular weight is 339 g/mol. The fourth-order valence-corrected chi connectivity index (χ4v) is 3.47.